The SMILES string of the molecule is COc1cc(O)c(C=NN(CCO)C2=NS(=O)(=O)c3ccccc32)cc1Br. The predicted molar refractivity (Wildman–Crippen MR) is 104 cm³/mol. The van der Waals surface area contributed by atoms with Gasteiger partial charge in [-0.2, -0.15) is 13.5 Å². The first-order valence-electron chi connectivity index (χ1n) is 7.80. The molecule has 0 radical (unpaired) electrons. The molecule has 142 valence electrons. The number of hydrazone groups is 1. The van der Waals surface area contributed by atoms with Crippen LogP contribution >= 0.6 is 15.9 Å². The summed E-state index contributed by atoms with van der Waals surface area (Å²) < 4.78 is 34.0. The first kappa shape index (κ1) is 19.3. The molecule has 27 heavy (non-hydrogen) atoms. The summed E-state index contributed by atoms with van der Waals surface area (Å²) in [6, 6.07) is 9.43. The van der Waals surface area contributed by atoms with Crippen LogP contribution in [0.5, 0.6) is 11.5 Å². The second-order valence-corrected chi connectivity index (χ2v) is 7.95. The van der Waals surface area contributed by atoms with Crippen LogP contribution < -0.4 is 4.74 Å². The Bertz CT molecular complexity index is 1040. The molecule has 3 rings (SSSR count). The van der Waals surface area contributed by atoms with Crippen molar-refractivity contribution in [2.45, 2.75) is 4.90 Å². The maximum absolute atomic E-state index is 12.2. The molecule has 1 heterocycles. The third kappa shape index (κ3) is 3.82. The molecule has 2 aromatic rings. The van der Waals surface area contributed by atoms with Gasteiger partial charge in [-0.1, -0.05) is 12.1 Å². The number of aromatic hydroxyl groups is 1. The zero-order valence-corrected chi connectivity index (χ0v) is 16.6. The van der Waals surface area contributed by atoms with Crippen LogP contribution in [0.2, 0.25) is 0 Å². The van der Waals surface area contributed by atoms with E-state index in [4.69, 9.17) is 4.74 Å². The lowest BCUT2D eigenvalue weighted by molar-refractivity contribution is 0.254. The molecular weight excluding hydrogens is 438 g/mol. The van der Waals surface area contributed by atoms with Crippen LogP contribution in [0.1, 0.15) is 11.1 Å². The fourth-order valence-corrected chi connectivity index (χ4v) is 4.27. The highest BCUT2D eigenvalue weighted by Gasteiger charge is 2.31. The molecule has 10 heteroatoms. The molecule has 2 N–H and O–H groups in total. The van der Waals surface area contributed by atoms with E-state index in [0.717, 1.165) is 0 Å². The molecule has 2 aromatic carbocycles. The van der Waals surface area contributed by atoms with E-state index in [1.807, 2.05) is 0 Å². The molecular formula is C17H16BrN3O5S. The summed E-state index contributed by atoms with van der Waals surface area (Å²) in [5.74, 6) is 0.504. The normalized spacial score (nSPS) is 14.9. The predicted octanol–water partition coefficient (Wildman–Crippen LogP) is 1.94. The van der Waals surface area contributed by atoms with Gasteiger partial charge in [0.2, 0.25) is 0 Å². The average Bonchev–Trinajstić information content (AvgIpc) is 2.92. The van der Waals surface area contributed by atoms with E-state index in [9.17, 15) is 18.6 Å². The van der Waals surface area contributed by atoms with Crippen molar-refractivity contribution < 1.29 is 23.4 Å². The smallest absolute Gasteiger partial charge is 0.285 e. The summed E-state index contributed by atoms with van der Waals surface area (Å²) in [7, 11) is -2.33. The highest BCUT2D eigenvalue weighted by Crippen LogP contribution is 2.32. The van der Waals surface area contributed by atoms with Gasteiger partial charge in [-0.15, -0.1) is 4.40 Å². The first-order chi connectivity index (χ1) is 12.9. The molecule has 0 fully saturated rings. The minimum atomic E-state index is -3.81. The zero-order chi connectivity index (χ0) is 19.6. The molecule has 0 saturated carbocycles. The third-order valence-corrected chi connectivity index (χ3v) is 5.75. The van der Waals surface area contributed by atoms with E-state index in [2.05, 4.69) is 25.4 Å². The summed E-state index contributed by atoms with van der Waals surface area (Å²) in [4.78, 5) is 0.0909. The molecule has 0 saturated heterocycles. The van der Waals surface area contributed by atoms with Crippen molar-refractivity contribution in [1.29, 1.82) is 0 Å². The first-order valence-corrected chi connectivity index (χ1v) is 10.0. The lowest BCUT2D eigenvalue weighted by Crippen LogP contribution is -2.28. The molecule has 0 unspecified atom stereocenters. The van der Waals surface area contributed by atoms with Crippen LogP contribution in [0, 0.1) is 0 Å². The Morgan fingerprint density at radius 3 is 2.78 bits per heavy atom. The zero-order valence-electron chi connectivity index (χ0n) is 14.2. The number of phenolic OH excluding ortho intramolecular Hbond substituents is 1. The number of aliphatic hydroxyl groups is 1. The van der Waals surface area contributed by atoms with Gasteiger partial charge in [0, 0.05) is 17.2 Å². The number of benzene rings is 2. The van der Waals surface area contributed by atoms with Crippen molar-refractivity contribution in [3.05, 3.63) is 52.0 Å². The van der Waals surface area contributed by atoms with Crippen molar-refractivity contribution in [3.8, 4) is 11.5 Å². The fourth-order valence-electron chi connectivity index (χ4n) is 2.54. The van der Waals surface area contributed by atoms with Crippen molar-refractivity contribution in [1.82, 2.24) is 5.01 Å². The number of rotatable bonds is 5. The third-order valence-electron chi connectivity index (χ3n) is 3.81. The monoisotopic (exact) mass is 453 g/mol. The number of hydrogen-bond donors (Lipinski definition) is 2. The van der Waals surface area contributed by atoms with Gasteiger partial charge in [-0.05, 0) is 34.1 Å². The van der Waals surface area contributed by atoms with Gasteiger partial charge in [-0.3, -0.25) is 0 Å². The van der Waals surface area contributed by atoms with Crippen molar-refractivity contribution >= 4 is 38.0 Å². The Morgan fingerprint density at radius 1 is 1.33 bits per heavy atom. The molecule has 1 aliphatic heterocycles. The van der Waals surface area contributed by atoms with Crippen LogP contribution in [0.15, 0.2) is 55.3 Å². The number of methoxy groups -OCH3 is 1. The van der Waals surface area contributed by atoms with E-state index >= 15 is 0 Å². The number of aliphatic hydroxyl groups excluding tert-OH is 1. The number of sulfonamides is 1. The minimum absolute atomic E-state index is 0.0251. The topological polar surface area (TPSA) is 112 Å². The van der Waals surface area contributed by atoms with Crippen molar-refractivity contribution in [2.24, 2.45) is 9.50 Å². The molecule has 0 bridgehead atoms. The van der Waals surface area contributed by atoms with Gasteiger partial charge in [-0.25, -0.2) is 5.01 Å². The number of amidine groups is 1. The van der Waals surface area contributed by atoms with Gasteiger partial charge in [0.1, 0.15) is 16.4 Å². The van der Waals surface area contributed by atoms with Crippen molar-refractivity contribution in [3.63, 3.8) is 0 Å². The average molecular weight is 454 g/mol. The Labute approximate surface area is 164 Å². The summed E-state index contributed by atoms with van der Waals surface area (Å²) in [5, 5.41) is 25.0. The minimum Gasteiger partial charge on any atom is -0.507 e. The number of ether oxygens (including phenoxy) is 1. The number of nitrogens with zero attached hydrogens (tertiary/aromatic N) is 3. The van der Waals surface area contributed by atoms with Crippen LogP contribution in [-0.4, -0.2) is 56.0 Å². The van der Waals surface area contributed by atoms with Gasteiger partial charge in [0.25, 0.3) is 10.0 Å². The molecule has 0 amide bonds. The maximum Gasteiger partial charge on any atom is 0.285 e. The van der Waals surface area contributed by atoms with Crippen LogP contribution in [0.4, 0.5) is 0 Å². The molecule has 0 spiro atoms. The second kappa shape index (κ2) is 7.67. The lowest BCUT2D eigenvalue weighted by Gasteiger charge is -2.17. The molecule has 8 nitrogen and oxygen atoms in total. The largest absolute Gasteiger partial charge is 0.507 e. The van der Waals surface area contributed by atoms with Crippen LogP contribution in [0.3, 0.4) is 0 Å². The summed E-state index contributed by atoms with van der Waals surface area (Å²) in [5.41, 5.74) is 0.781. The Kier molecular flexibility index (Phi) is 5.49. The Morgan fingerprint density at radius 2 is 2.07 bits per heavy atom. The number of halogens is 1. The molecule has 0 atom stereocenters. The molecule has 0 aliphatic carbocycles. The van der Waals surface area contributed by atoms with Crippen LogP contribution in [0.25, 0.3) is 0 Å². The van der Waals surface area contributed by atoms with Gasteiger partial charge in [0.15, 0.2) is 5.84 Å². The number of hydrogen-bond acceptors (Lipinski definition) is 7. The fraction of sp³-hybridized carbons (Fsp3) is 0.176. The van der Waals surface area contributed by atoms with E-state index in [0.29, 0.717) is 21.3 Å². The quantitative estimate of drug-likeness (QED) is 0.528. The summed E-state index contributed by atoms with van der Waals surface area (Å²) in [6.45, 7) is -0.242. The van der Waals surface area contributed by atoms with Crippen LogP contribution in [-0.2, 0) is 10.0 Å². The molecule has 1 aliphatic rings. The van der Waals surface area contributed by atoms with Gasteiger partial charge in [0.05, 0.1) is 30.9 Å². The van der Waals surface area contributed by atoms with Gasteiger partial charge < -0.3 is 14.9 Å². The van der Waals surface area contributed by atoms with Gasteiger partial charge >= 0.3 is 0 Å². The lowest BCUT2D eigenvalue weighted by atomic mass is 10.2. The van der Waals surface area contributed by atoms with Crippen molar-refractivity contribution in [2.75, 3.05) is 20.3 Å². The van der Waals surface area contributed by atoms with E-state index in [1.54, 1.807) is 24.3 Å². The summed E-state index contributed by atoms with van der Waals surface area (Å²) >= 11 is 3.33. The van der Waals surface area contributed by atoms with E-state index < -0.39 is 10.0 Å². The summed E-state index contributed by atoms with van der Waals surface area (Å²) in [6.07, 6.45) is 1.35. The van der Waals surface area contributed by atoms with E-state index in [1.165, 1.54) is 30.5 Å². The molecule has 0 aromatic heterocycles. The number of fused-ring (bicyclic) bond motifs is 1. The highest BCUT2D eigenvalue weighted by molar-refractivity contribution is 9.10. The van der Waals surface area contributed by atoms with E-state index in [-0.39, 0.29) is 29.6 Å². The standard InChI is InChI=1S/C17H16BrN3O5S/c1-26-15-9-14(23)11(8-13(15)18)10-19-21(6-7-22)17-12-4-2-3-5-16(12)27(24,25)20-17/h2-5,8-10,22-23H,6-7H2,1H3. The Hall–Kier alpha value is -2.43. The maximum atomic E-state index is 12.2. The number of phenols is 1. The Balaban J connectivity index is 1.99. The highest BCUT2D eigenvalue weighted by atomic mass is 79.9. The second-order valence-electron chi connectivity index (χ2n) is 5.52.